The summed E-state index contributed by atoms with van der Waals surface area (Å²) in [5.41, 5.74) is 1.78. The number of hydrogen-bond donors (Lipinski definition) is 0. The highest BCUT2D eigenvalue weighted by Crippen LogP contribution is 2.28. The summed E-state index contributed by atoms with van der Waals surface area (Å²) in [7, 11) is 3.76. The first-order valence-electron chi connectivity index (χ1n) is 6.64. The van der Waals surface area contributed by atoms with Crippen LogP contribution in [0.4, 0.5) is 0 Å². The monoisotopic (exact) mass is 349 g/mol. The van der Waals surface area contributed by atoms with Gasteiger partial charge in [-0.2, -0.15) is 0 Å². The van der Waals surface area contributed by atoms with Gasteiger partial charge in [0.25, 0.3) is 0 Å². The third-order valence-corrected chi connectivity index (χ3v) is 4.33. The Hall–Kier alpha value is -0.520. The minimum Gasteiger partial charge on any atom is -0.383 e. The molecule has 7 heteroatoms. The van der Waals surface area contributed by atoms with Crippen molar-refractivity contribution in [3.63, 3.8) is 0 Å². The van der Waals surface area contributed by atoms with Crippen LogP contribution in [0.25, 0.3) is 11.0 Å². The summed E-state index contributed by atoms with van der Waals surface area (Å²) in [4.78, 5) is 6.72. The molecule has 2 rings (SSSR count). The van der Waals surface area contributed by atoms with Gasteiger partial charge in [0, 0.05) is 26.7 Å². The van der Waals surface area contributed by atoms with Crippen LogP contribution in [0, 0.1) is 0 Å². The van der Waals surface area contributed by atoms with Crippen LogP contribution >= 0.6 is 34.8 Å². The van der Waals surface area contributed by atoms with Crippen LogP contribution in [0.15, 0.2) is 12.1 Å². The summed E-state index contributed by atoms with van der Waals surface area (Å²) in [6.07, 6.45) is 0. The van der Waals surface area contributed by atoms with Crippen molar-refractivity contribution >= 4 is 45.8 Å². The second-order valence-electron chi connectivity index (χ2n) is 4.86. The average molecular weight is 351 g/mol. The minimum absolute atomic E-state index is 0.353. The number of nitrogens with zero attached hydrogens (tertiary/aromatic N) is 3. The van der Waals surface area contributed by atoms with E-state index < -0.39 is 0 Å². The molecule has 1 heterocycles. The molecule has 116 valence electrons. The second-order valence-corrected chi connectivity index (χ2v) is 5.95. The van der Waals surface area contributed by atoms with Crippen molar-refractivity contribution in [2.24, 2.45) is 0 Å². The lowest BCUT2D eigenvalue weighted by Gasteiger charge is -2.17. The van der Waals surface area contributed by atoms with E-state index >= 15 is 0 Å². The molecule has 0 saturated heterocycles. The Morgan fingerprint density at radius 1 is 1.24 bits per heavy atom. The zero-order valence-corrected chi connectivity index (χ0v) is 14.3. The third-order valence-electron chi connectivity index (χ3n) is 3.37. The average Bonchev–Trinajstić information content (AvgIpc) is 2.80. The molecule has 21 heavy (non-hydrogen) atoms. The van der Waals surface area contributed by atoms with E-state index in [0.29, 0.717) is 22.5 Å². The van der Waals surface area contributed by atoms with Crippen LogP contribution in [-0.4, -0.2) is 48.3 Å². The molecule has 1 aromatic carbocycles. The fourth-order valence-electron chi connectivity index (χ4n) is 2.15. The first kappa shape index (κ1) is 16.8. The van der Waals surface area contributed by atoms with Crippen LogP contribution < -0.4 is 0 Å². The van der Waals surface area contributed by atoms with Gasteiger partial charge >= 0.3 is 0 Å². The van der Waals surface area contributed by atoms with Gasteiger partial charge in [0.05, 0.1) is 33.6 Å². The highest BCUT2D eigenvalue weighted by Gasteiger charge is 2.13. The third kappa shape index (κ3) is 4.02. The van der Waals surface area contributed by atoms with Crippen molar-refractivity contribution < 1.29 is 4.74 Å². The smallest absolute Gasteiger partial charge is 0.124 e. The number of benzene rings is 1. The first-order valence-corrected chi connectivity index (χ1v) is 7.93. The van der Waals surface area contributed by atoms with Gasteiger partial charge in [-0.1, -0.05) is 23.2 Å². The Kier molecular flexibility index (Phi) is 6.14. The molecule has 0 N–H and O–H groups in total. The fourth-order valence-corrected chi connectivity index (χ4v) is 2.67. The maximum Gasteiger partial charge on any atom is 0.124 e. The second kappa shape index (κ2) is 7.65. The molecule has 0 aliphatic heterocycles. The number of imidazole rings is 1. The molecule has 0 spiro atoms. The molecule has 0 unspecified atom stereocenters. The van der Waals surface area contributed by atoms with Crippen molar-refractivity contribution in [3.05, 3.63) is 28.0 Å². The predicted molar refractivity (Wildman–Crippen MR) is 88.7 cm³/mol. The summed E-state index contributed by atoms with van der Waals surface area (Å²) in [6, 6.07) is 3.62. The summed E-state index contributed by atoms with van der Waals surface area (Å²) in [6.45, 7) is 3.26. The maximum absolute atomic E-state index is 6.11. The molecule has 0 saturated carbocycles. The normalized spacial score (nSPS) is 11.7. The number of alkyl halides is 1. The molecule has 0 amide bonds. The lowest BCUT2D eigenvalue weighted by atomic mass is 10.3. The predicted octanol–water partition coefficient (Wildman–Crippen LogP) is 3.66. The lowest BCUT2D eigenvalue weighted by Crippen LogP contribution is -2.27. The number of halogens is 3. The van der Waals surface area contributed by atoms with E-state index in [1.165, 1.54) is 0 Å². The standard InChI is InChI=1S/C14H18Cl3N3O/c1-19(5-6-21-2)3-4-20-13-8-11(17)10(16)7-12(13)18-14(20)9-15/h7-8H,3-6,9H2,1-2H3. The number of methoxy groups -OCH3 is 1. The Morgan fingerprint density at radius 3 is 2.62 bits per heavy atom. The van der Waals surface area contributed by atoms with Crippen LogP contribution in [0.2, 0.25) is 10.0 Å². The Bertz CT molecular complexity index is 615. The number of aromatic nitrogens is 2. The van der Waals surface area contributed by atoms with E-state index in [4.69, 9.17) is 39.5 Å². The first-order chi connectivity index (χ1) is 10.1. The van der Waals surface area contributed by atoms with Gasteiger partial charge in [-0.05, 0) is 19.2 Å². The van der Waals surface area contributed by atoms with E-state index in [1.54, 1.807) is 13.2 Å². The Labute approximate surface area is 139 Å². The maximum atomic E-state index is 6.11. The molecule has 0 aliphatic carbocycles. The zero-order chi connectivity index (χ0) is 15.4. The topological polar surface area (TPSA) is 30.3 Å². The van der Waals surface area contributed by atoms with Gasteiger partial charge in [0.15, 0.2) is 0 Å². The summed E-state index contributed by atoms with van der Waals surface area (Å²) in [5.74, 6) is 1.18. The van der Waals surface area contributed by atoms with Crippen LogP contribution in [-0.2, 0) is 17.2 Å². The molecule has 0 bridgehead atoms. The fraction of sp³-hybridized carbons (Fsp3) is 0.500. The van der Waals surface area contributed by atoms with E-state index in [-0.39, 0.29) is 0 Å². The highest BCUT2D eigenvalue weighted by molar-refractivity contribution is 6.42. The largest absolute Gasteiger partial charge is 0.383 e. The van der Waals surface area contributed by atoms with E-state index in [0.717, 1.165) is 36.5 Å². The van der Waals surface area contributed by atoms with Gasteiger partial charge in [0.1, 0.15) is 5.82 Å². The van der Waals surface area contributed by atoms with Gasteiger partial charge in [-0.15, -0.1) is 11.6 Å². The molecule has 0 aliphatic rings. The minimum atomic E-state index is 0.353. The highest BCUT2D eigenvalue weighted by atomic mass is 35.5. The number of likely N-dealkylation sites (N-methyl/N-ethyl adjacent to an activating group) is 1. The quantitative estimate of drug-likeness (QED) is 0.714. The zero-order valence-electron chi connectivity index (χ0n) is 12.1. The van der Waals surface area contributed by atoms with E-state index in [2.05, 4.69) is 21.5 Å². The summed E-state index contributed by atoms with van der Waals surface area (Å²) >= 11 is 18.2. The molecular weight excluding hydrogens is 333 g/mol. The van der Waals surface area contributed by atoms with Crippen LogP contribution in [0.5, 0.6) is 0 Å². The van der Waals surface area contributed by atoms with Gasteiger partial charge < -0.3 is 14.2 Å². The van der Waals surface area contributed by atoms with Crippen molar-refractivity contribution in [1.29, 1.82) is 0 Å². The summed E-state index contributed by atoms with van der Waals surface area (Å²) < 4.78 is 7.17. The summed E-state index contributed by atoms with van der Waals surface area (Å²) in [5, 5.41) is 1.03. The van der Waals surface area contributed by atoms with Gasteiger partial charge in [-0.25, -0.2) is 4.98 Å². The molecule has 0 radical (unpaired) electrons. The SMILES string of the molecule is COCCN(C)CCn1c(CCl)nc2cc(Cl)c(Cl)cc21. The lowest BCUT2D eigenvalue weighted by molar-refractivity contribution is 0.159. The number of fused-ring (bicyclic) bond motifs is 1. The number of rotatable bonds is 7. The van der Waals surface area contributed by atoms with Gasteiger partial charge in [-0.3, -0.25) is 0 Å². The molecule has 0 fully saturated rings. The molecular formula is C14H18Cl3N3O. The van der Waals surface area contributed by atoms with Crippen molar-refractivity contribution in [3.8, 4) is 0 Å². The van der Waals surface area contributed by atoms with Gasteiger partial charge in [0.2, 0.25) is 0 Å². The Balaban J connectivity index is 2.23. The van der Waals surface area contributed by atoms with Crippen molar-refractivity contribution in [2.45, 2.75) is 12.4 Å². The van der Waals surface area contributed by atoms with E-state index in [1.807, 2.05) is 6.07 Å². The molecule has 4 nitrogen and oxygen atoms in total. The van der Waals surface area contributed by atoms with Crippen LogP contribution in [0.3, 0.4) is 0 Å². The van der Waals surface area contributed by atoms with E-state index in [9.17, 15) is 0 Å². The number of hydrogen-bond acceptors (Lipinski definition) is 3. The van der Waals surface area contributed by atoms with Crippen LogP contribution in [0.1, 0.15) is 5.82 Å². The van der Waals surface area contributed by atoms with Crippen molar-refractivity contribution in [2.75, 3.05) is 33.9 Å². The molecule has 0 atom stereocenters. The Morgan fingerprint density at radius 2 is 1.95 bits per heavy atom. The number of ether oxygens (including phenoxy) is 1. The molecule has 1 aromatic heterocycles. The van der Waals surface area contributed by atoms with Crippen molar-refractivity contribution in [1.82, 2.24) is 14.5 Å². The molecule has 2 aromatic rings.